The van der Waals surface area contributed by atoms with Gasteiger partial charge < -0.3 is 9.64 Å². The van der Waals surface area contributed by atoms with Crippen molar-refractivity contribution in [1.82, 2.24) is 19.6 Å². The molecule has 2 aliphatic rings. The summed E-state index contributed by atoms with van der Waals surface area (Å²) in [6.45, 7) is 5.58. The van der Waals surface area contributed by atoms with Crippen LogP contribution in [0.25, 0.3) is 5.69 Å². The fourth-order valence-corrected chi connectivity index (χ4v) is 3.99. The molecule has 6 nitrogen and oxygen atoms in total. The highest BCUT2D eigenvalue weighted by Crippen LogP contribution is 2.32. The van der Waals surface area contributed by atoms with E-state index in [2.05, 4.69) is 35.1 Å². The van der Waals surface area contributed by atoms with Gasteiger partial charge in [0, 0.05) is 32.5 Å². The number of hydrogen-bond donors (Lipinski definition) is 0. The zero-order valence-electron chi connectivity index (χ0n) is 14.8. The number of nitrogens with zero attached hydrogens (tertiary/aromatic N) is 4. The lowest BCUT2D eigenvalue weighted by Crippen LogP contribution is -2.50. The molecule has 1 atom stereocenters. The van der Waals surface area contributed by atoms with Crippen molar-refractivity contribution >= 4 is 6.09 Å². The van der Waals surface area contributed by atoms with E-state index < -0.39 is 0 Å². The Balaban J connectivity index is 1.48. The number of rotatable bonds is 3. The van der Waals surface area contributed by atoms with Gasteiger partial charge in [0.15, 0.2) is 0 Å². The minimum absolute atomic E-state index is 0.193. The first-order chi connectivity index (χ1) is 12.0. The molecule has 3 heterocycles. The van der Waals surface area contributed by atoms with Crippen molar-refractivity contribution in [2.24, 2.45) is 0 Å². The fraction of sp³-hybridized carbons (Fsp3) is 0.474. The van der Waals surface area contributed by atoms with E-state index in [1.807, 2.05) is 24.0 Å². The maximum Gasteiger partial charge on any atom is 0.410 e. The number of ether oxygens (including phenoxy) is 1. The second kappa shape index (κ2) is 6.19. The van der Waals surface area contributed by atoms with E-state index in [0.29, 0.717) is 6.54 Å². The molecule has 0 aliphatic carbocycles. The largest absolute Gasteiger partial charge is 0.440 e. The van der Waals surface area contributed by atoms with Crippen LogP contribution in [0.3, 0.4) is 0 Å². The molecule has 1 aromatic heterocycles. The van der Waals surface area contributed by atoms with E-state index in [1.54, 1.807) is 11.1 Å². The van der Waals surface area contributed by atoms with Crippen molar-refractivity contribution in [3.05, 3.63) is 47.8 Å². The molecule has 6 heteroatoms. The molecule has 0 unspecified atom stereocenters. The van der Waals surface area contributed by atoms with Crippen molar-refractivity contribution in [1.29, 1.82) is 0 Å². The summed E-state index contributed by atoms with van der Waals surface area (Å²) >= 11 is 0. The number of hydrogen-bond acceptors (Lipinski definition) is 4. The van der Waals surface area contributed by atoms with Crippen LogP contribution in [0.4, 0.5) is 4.79 Å². The van der Waals surface area contributed by atoms with Gasteiger partial charge in [-0.05, 0) is 55.6 Å². The maximum atomic E-state index is 11.8. The number of aryl methyl sites for hydroxylation is 1. The molecule has 0 radical (unpaired) electrons. The third kappa shape index (κ3) is 3.14. The Hall–Kier alpha value is -2.34. The summed E-state index contributed by atoms with van der Waals surface area (Å²) in [5, 5.41) is 4.29. The molecule has 132 valence electrons. The quantitative estimate of drug-likeness (QED) is 0.862. The summed E-state index contributed by atoms with van der Waals surface area (Å²) < 4.78 is 7.58. The molecular weight excluding hydrogens is 316 g/mol. The van der Waals surface area contributed by atoms with Gasteiger partial charge in [-0.3, -0.25) is 4.90 Å². The van der Waals surface area contributed by atoms with Crippen molar-refractivity contribution in [3.8, 4) is 5.69 Å². The summed E-state index contributed by atoms with van der Waals surface area (Å²) in [6, 6.07) is 8.39. The second-order valence-electron chi connectivity index (χ2n) is 7.28. The van der Waals surface area contributed by atoms with Gasteiger partial charge >= 0.3 is 6.09 Å². The standard InChI is InChI=1S/C19H24N4O2/c1-15-11-17(23-10-4-8-20-23)6-5-16(15)12-22-9-3-7-19(14-22)13-21(2)18(24)25-19/h4-6,8,10-11H,3,7,9,12-14H2,1-2H3/t19-/m0/s1. The van der Waals surface area contributed by atoms with Crippen LogP contribution >= 0.6 is 0 Å². The van der Waals surface area contributed by atoms with Crippen LogP contribution in [0, 0.1) is 6.92 Å². The maximum absolute atomic E-state index is 11.8. The first-order valence-electron chi connectivity index (χ1n) is 8.81. The Labute approximate surface area is 148 Å². The first kappa shape index (κ1) is 16.1. The highest BCUT2D eigenvalue weighted by Gasteiger charge is 2.46. The summed E-state index contributed by atoms with van der Waals surface area (Å²) in [7, 11) is 1.81. The Bertz CT molecular complexity index is 774. The number of amides is 1. The zero-order chi connectivity index (χ0) is 17.4. The molecule has 4 rings (SSSR count). The van der Waals surface area contributed by atoms with Crippen molar-refractivity contribution in [2.45, 2.75) is 31.9 Å². The van der Waals surface area contributed by atoms with Crippen LogP contribution in [-0.2, 0) is 11.3 Å². The Kier molecular flexibility index (Phi) is 4.00. The van der Waals surface area contributed by atoms with Gasteiger partial charge in [0.25, 0.3) is 0 Å². The van der Waals surface area contributed by atoms with Crippen LogP contribution in [-0.4, -0.2) is 58.0 Å². The lowest BCUT2D eigenvalue weighted by atomic mass is 9.92. The average molecular weight is 340 g/mol. The Morgan fingerprint density at radius 2 is 2.20 bits per heavy atom. The van der Waals surface area contributed by atoms with E-state index in [1.165, 1.54) is 11.1 Å². The molecule has 0 saturated carbocycles. The molecule has 2 fully saturated rings. The van der Waals surface area contributed by atoms with Crippen molar-refractivity contribution in [2.75, 3.05) is 26.7 Å². The van der Waals surface area contributed by atoms with Crippen molar-refractivity contribution < 1.29 is 9.53 Å². The number of carbonyl (C=O) groups is 1. The van der Waals surface area contributed by atoms with E-state index in [0.717, 1.165) is 38.2 Å². The highest BCUT2D eigenvalue weighted by atomic mass is 16.6. The topological polar surface area (TPSA) is 50.6 Å². The zero-order valence-corrected chi connectivity index (χ0v) is 14.8. The summed E-state index contributed by atoms with van der Waals surface area (Å²) in [5.74, 6) is 0. The molecule has 2 aromatic rings. The SMILES string of the molecule is Cc1cc(-n2cccn2)ccc1CN1CCC[C@@]2(C1)CN(C)C(=O)O2. The van der Waals surface area contributed by atoms with Crippen LogP contribution in [0.1, 0.15) is 24.0 Å². The van der Waals surface area contributed by atoms with Gasteiger partial charge in [0.05, 0.1) is 12.2 Å². The number of benzene rings is 1. The first-order valence-corrected chi connectivity index (χ1v) is 8.81. The predicted octanol–water partition coefficient (Wildman–Crippen LogP) is 2.60. The molecule has 1 spiro atoms. The van der Waals surface area contributed by atoms with E-state index in [-0.39, 0.29) is 11.7 Å². The number of carbonyl (C=O) groups excluding carboxylic acids is 1. The van der Waals surface area contributed by atoms with Crippen LogP contribution in [0.5, 0.6) is 0 Å². The van der Waals surface area contributed by atoms with Crippen LogP contribution in [0.15, 0.2) is 36.7 Å². The number of likely N-dealkylation sites (tertiary alicyclic amines) is 1. The second-order valence-corrected chi connectivity index (χ2v) is 7.28. The van der Waals surface area contributed by atoms with E-state index >= 15 is 0 Å². The Morgan fingerprint density at radius 3 is 2.88 bits per heavy atom. The molecule has 2 saturated heterocycles. The Morgan fingerprint density at radius 1 is 1.32 bits per heavy atom. The average Bonchev–Trinajstić information content (AvgIpc) is 3.19. The number of aromatic nitrogens is 2. The number of likely N-dealkylation sites (N-methyl/N-ethyl adjacent to an activating group) is 1. The third-order valence-electron chi connectivity index (χ3n) is 5.25. The van der Waals surface area contributed by atoms with Gasteiger partial charge in [-0.1, -0.05) is 6.07 Å². The number of piperidine rings is 1. The molecule has 25 heavy (non-hydrogen) atoms. The molecule has 2 aliphatic heterocycles. The highest BCUT2D eigenvalue weighted by molar-refractivity contribution is 5.70. The summed E-state index contributed by atoms with van der Waals surface area (Å²) in [6.07, 6.45) is 5.56. The monoisotopic (exact) mass is 340 g/mol. The minimum atomic E-state index is -0.326. The molecular formula is C19H24N4O2. The van der Waals surface area contributed by atoms with Crippen molar-refractivity contribution in [3.63, 3.8) is 0 Å². The van der Waals surface area contributed by atoms with E-state index in [9.17, 15) is 4.79 Å². The predicted molar refractivity (Wildman–Crippen MR) is 94.7 cm³/mol. The lowest BCUT2D eigenvalue weighted by molar-refractivity contribution is -0.0114. The van der Waals surface area contributed by atoms with Gasteiger partial charge in [-0.25, -0.2) is 9.48 Å². The van der Waals surface area contributed by atoms with Crippen LogP contribution < -0.4 is 0 Å². The molecule has 0 N–H and O–H groups in total. The lowest BCUT2D eigenvalue weighted by Gasteiger charge is -2.38. The smallest absolute Gasteiger partial charge is 0.410 e. The normalized spacial score (nSPS) is 24.1. The van der Waals surface area contributed by atoms with Gasteiger partial charge in [0.2, 0.25) is 0 Å². The summed E-state index contributed by atoms with van der Waals surface area (Å²) in [5.41, 5.74) is 3.32. The molecule has 0 bridgehead atoms. The van der Waals surface area contributed by atoms with Gasteiger partial charge in [-0.2, -0.15) is 5.10 Å². The van der Waals surface area contributed by atoms with Gasteiger partial charge in [0.1, 0.15) is 5.60 Å². The van der Waals surface area contributed by atoms with Crippen LogP contribution in [0.2, 0.25) is 0 Å². The third-order valence-corrected chi connectivity index (χ3v) is 5.25. The minimum Gasteiger partial charge on any atom is -0.440 e. The van der Waals surface area contributed by atoms with Gasteiger partial charge in [-0.15, -0.1) is 0 Å². The summed E-state index contributed by atoms with van der Waals surface area (Å²) in [4.78, 5) is 15.9. The fourth-order valence-electron chi connectivity index (χ4n) is 3.99. The molecule has 1 amide bonds. The van der Waals surface area contributed by atoms with E-state index in [4.69, 9.17) is 4.74 Å². The molecule has 1 aromatic carbocycles.